The Hall–Kier alpha value is -5.75. The lowest BCUT2D eigenvalue weighted by molar-refractivity contribution is -0.166. The third-order valence-corrected chi connectivity index (χ3v) is 11.1. The van der Waals surface area contributed by atoms with Gasteiger partial charge in [0.05, 0.1) is 0 Å². The summed E-state index contributed by atoms with van der Waals surface area (Å²) in [5, 5.41) is 0. The summed E-state index contributed by atoms with van der Waals surface area (Å²) in [6, 6.07) is 0. The van der Waals surface area contributed by atoms with Crippen LogP contribution in [0.25, 0.3) is 0 Å². The zero-order chi connectivity index (χ0) is 54.3. The maximum atomic E-state index is 12.8. The topological polar surface area (TPSA) is 78.9 Å². The van der Waals surface area contributed by atoms with E-state index in [1.54, 1.807) is 0 Å². The molecule has 0 fully saturated rings. The minimum absolute atomic E-state index is 0.148. The maximum Gasteiger partial charge on any atom is 0.306 e. The van der Waals surface area contributed by atoms with Crippen LogP contribution in [0.1, 0.15) is 201 Å². The molecule has 75 heavy (non-hydrogen) atoms. The van der Waals surface area contributed by atoms with E-state index in [2.05, 4.69) is 203 Å². The molecule has 0 spiro atoms. The number of rotatable bonds is 49. The number of esters is 3. The fourth-order valence-corrected chi connectivity index (χ4v) is 6.88. The molecule has 0 saturated carbocycles. The lowest BCUT2D eigenvalue weighted by Gasteiger charge is -2.18. The average molecular weight is 1030 g/mol. The monoisotopic (exact) mass is 1030 g/mol. The fraction of sp³-hybridized carbons (Fsp3) is 0.493. The van der Waals surface area contributed by atoms with E-state index in [0.29, 0.717) is 12.8 Å². The van der Waals surface area contributed by atoms with Crippen LogP contribution in [0.5, 0.6) is 0 Å². The third-order valence-electron chi connectivity index (χ3n) is 11.1. The van der Waals surface area contributed by atoms with Crippen molar-refractivity contribution >= 4 is 17.9 Å². The Morgan fingerprint density at radius 3 is 0.867 bits per heavy atom. The first kappa shape index (κ1) is 69.2. The van der Waals surface area contributed by atoms with E-state index in [1.165, 1.54) is 0 Å². The van der Waals surface area contributed by atoms with Gasteiger partial charge < -0.3 is 14.2 Å². The van der Waals surface area contributed by atoms with E-state index in [1.807, 2.05) is 12.2 Å². The molecule has 6 nitrogen and oxygen atoms in total. The van der Waals surface area contributed by atoms with E-state index in [9.17, 15) is 14.4 Å². The summed E-state index contributed by atoms with van der Waals surface area (Å²) >= 11 is 0. The van der Waals surface area contributed by atoms with Crippen LogP contribution in [0, 0.1) is 0 Å². The van der Waals surface area contributed by atoms with Crippen molar-refractivity contribution in [2.45, 2.75) is 207 Å². The van der Waals surface area contributed by atoms with E-state index < -0.39 is 6.10 Å². The molecule has 0 aliphatic rings. The molecular weight excluding hydrogens is 925 g/mol. The van der Waals surface area contributed by atoms with Gasteiger partial charge in [-0.1, -0.05) is 234 Å². The van der Waals surface area contributed by atoms with Crippen molar-refractivity contribution in [1.29, 1.82) is 0 Å². The molecule has 0 aliphatic heterocycles. The molecule has 1 atom stereocenters. The van der Waals surface area contributed by atoms with E-state index in [0.717, 1.165) is 148 Å². The summed E-state index contributed by atoms with van der Waals surface area (Å²) in [6.07, 6.45) is 93.1. The number of hydrogen-bond acceptors (Lipinski definition) is 6. The van der Waals surface area contributed by atoms with E-state index >= 15 is 0 Å². The number of allylic oxidation sites excluding steroid dienone is 32. The Balaban J connectivity index is 4.53. The molecule has 0 aromatic rings. The van der Waals surface area contributed by atoms with Crippen LogP contribution in [0.4, 0.5) is 0 Å². The van der Waals surface area contributed by atoms with E-state index in [4.69, 9.17) is 14.2 Å². The molecular formula is C69H102O6. The number of ether oxygens (including phenoxy) is 3. The van der Waals surface area contributed by atoms with Gasteiger partial charge in [0.15, 0.2) is 6.10 Å². The highest BCUT2D eigenvalue weighted by Crippen LogP contribution is 2.11. The van der Waals surface area contributed by atoms with Crippen molar-refractivity contribution in [3.05, 3.63) is 194 Å². The lowest BCUT2D eigenvalue weighted by Crippen LogP contribution is -2.30. The van der Waals surface area contributed by atoms with Crippen molar-refractivity contribution in [2.75, 3.05) is 13.2 Å². The normalized spacial score (nSPS) is 13.6. The molecule has 0 amide bonds. The molecule has 0 heterocycles. The van der Waals surface area contributed by atoms with Crippen molar-refractivity contribution in [3.63, 3.8) is 0 Å². The van der Waals surface area contributed by atoms with Gasteiger partial charge >= 0.3 is 17.9 Å². The minimum atomic E-state index is -0.851. The van der Waals surface area contributed by atoms with Crippen molar-refractivity contribution in [3.8, 4) is 0 Å². The molecule has 0 saturated heterocycles. The second-order valence-electron chi connectivity index (χ2n) is 18.0. The molecule has 0 N–H and O–H groups in total. The van der Waals surface area contributed by atoms with Gasteiger partial charge in [-0.2, -0.15) is 0 Å². The van der Waals surface area contributed by atoms with Gasteiger partial charge in [-0.15, -0.1) is 0 Å². The largest absolute Gasteiger partial charge is 0.462 e. The Labute approximate surface area is 458 Å². The molecule has 0 rings (SSSR count). The average Bonchev–Trinajstić information content (AvgIpc) is 3.41. The fourth-order valence-electron chi connectivity index (χ4n) is 6.88. The molecule has 6 heteroatoms. The minimum Gasteiger partial charge on any atom is -0.462 e. The predicted octanol–water partition coefficient (Wildman–Crippen LogP) is 19.9. The summed E-state index contributed by atoms with van der Waals surface area (Å²) < 4.78 is 16.7. The van der Waals surface area contributed by atoms with Crippen LogP contribution >= 0.6 is 0 Å². The molecule has 414 valence electrons. The molecule has 0 aromatic carbocycles. The highest BCUT2D eigenvalue weighted by Gasteiger charge is 2.19. The predicted molar refractivity (Wildman–Crippen MR) is 324 cm³/mol. The highest BCUT2D eigenvalue weighted by molar-refractivity contribution is 5.71. The standard InChI is InChI=1S/C69H102O6/c1-4-7-10-13-16-19-22-25-27-28-29-30-31-32-33-34-35-36-37-38-39-40-42-44-47-50-53-56-59-62-68(71)74-65-66(64-73-67(70)61-58-55-52-49-46-43-24-21-18-15-12-9-6-3)75-69(72)63-60-57-54-51-48-45-41-26-23-20-17-14-11-8-5-2/h7-12,16-21,25-27,29-30,32-33,35-36,38-39,41-44,46,50,52-53,55,66H,4-6,13-15,22-24,28,31,34,37,40,45,47-49,51,54,56-65H2,1-3H3/b10-7-,11-8-,12-9-,19-16-,20-17-,21-18-,27-25-,30-29-,33-32-,36-35-,39-38-,41-26-,44-42-,46-43-,53-50-,55-52-. The first-order valence-corrected chi connectivity index (χ1v) is 28.9. The summed E-state index contributed by atoms with van der Waals surface area (Å²) in [6.45, 7) is 6.13. The second-order valence-corrected chi connectivity index (χ2v) is 18.0. The maximum absolute atomic E-state index is 12.8. The van der Waals surface area contributed by atoms with Gasteiger partial charge in [0.25, 0.3) is 0 Å². The number of carbonyl (C=O) groups excluding carboxylic acids is 3. The smallest absolute Gasteiger partial charge is 0.306 e. The summed E-state index contributed by atoms with van der Waals surface area (Å²) in [7, 11) is 0. The Kier molecular flexibility index (Phi) is 56.1. The molecule has 0 aliphatic carbocycles. The summed E-state index contributed by atoms with van der Waals surface area (Å²) in [5.74, 6) is -1.12. The quantitative estimate of drug-likeness (QED) is 0.0261. The van der Waals surface area contributed by atoms with Crippen molar-refractivity contribution in [1.82, 2.24) is 0 Å². The van der Waals surface area contributed by atoms with Gasteiger partial charge in [-0.05, 0) is 141 Å². The second kappa shape index (κ2) is 60.8. The zero-order valence-corrected chi connectivity index (χ0v) is 47.2. The van der Waals surface area contributed by atoms with Gasteiger partial charge in [0.2, 0.25) is 0 Å². The number of hydrogen-bond donors (Lipinski definition) is 0. The van der Waals surface area contributed by atoms with Crippen LogP contribution in [-0.4, -0.2) is 37.2 Å². The van der Waals surface area contributed by atoms with Gasteiger partial charge in [0.1, 0.15) is 13.2 Å². The SMILES string of the molecule is CC/C=C\C/C=C\C/C=C\C/C=C\C/C=C\C/C=C\C/C=C\C/C=C\C/C=C\CCCC(=O)OCC(COC(=O)CC/C=C\C/C=C\C/C=C\C/C=C\CC)OC(=O)CCCCCCC/C=C\C/C=C\C/C=C\CC. The van der Waals surface area contributed by atoms with Gasteiger partial charge in [-0.3, -0.25) is 14.4 Å². The number of carbonyl (C=O) groups is 3. The van der Waals surface area contributed by atoms with Crippen LogP contribution in [-0.2, 0) is 28.6 Å². The number of unbranched alkanes of at least 4 members (excludes halogenated alkanes) is 6. The first-order valence-electron chi connectivity index (χ1n) is 28.9. The van der Waals surface area contributed by atoms with Crippen LogP contribution in [0.2, 0.25) is 0 Å². The van der Waals surface area contributed by atoms with E-state index in [-0.39, 0.29) is 50.4 Å². The highest BCUT2D eigenvalue weighted by atomic mass is 16.6. The van der Waals surface area contributed by atoms with Crippen LogP contribution < -0.4 is 0 Å². The summed E-state index contributed by atoms with van der Waals surface area (Å²) in [5.41, 5.74) is 0. The summed E-state index contributed by atoms with van der Waals surface area (Å²) in [4.78, 5) is 38.1. The Morgan fingerprint density at radius 2 is 0.520 bits per heavy atom. The third kappa shape index (κ3) is 59.0. The molecule has 0 bridgehead atoms. The van der Waals surface area contributed by atoms with Crippen molar-refractivity contribution < 1.29 is 28.6 Å². The van der Waals surface area contributed by atoms with Crippen molar-refractivity contribution in [2.24, 2.45) is 0 Å². The zero-order valence-electron chi connectivity index (χ0n) is 47.2. The molecule has 0 aromatic heterocycles. The van der Waals surface area contributed by atoms with Gasteiger partial charge in [-0.25, -0.2) is 0 Å². The Morgan fingerprint density at radius 1 is 0.267 bits per heavy atom. The van der Waals surface area contributed by atoms with Crippen LogP contribution in [0.15, 0.2) is 194 Å². The van der Waals surface area contributed by atoms with Crippen LogP contribution in [0.3, 0.4) is 0 Å². The molecule has 1 unspecified atom stereocenters. The Bertz CT molecular complexity index is 1850. The first-order chi connectivity index (χ1) is 37.0. The lowest BCUT2D eigenvalue weighted by atomic mass is 10.1. The van der Waals surface area contributed by atoms with Gasteiger partial charge in [0, 0.05) is 19.3 Å². The molecule has 0 radical (unpaired) electrons.